The molecule has 2 aliphatic rings. The topological polar surface area (TPSA) is 70.5 Å². The first-order valence-electron chi connectivity index (χ1n) is 10.0. The highest BCUT2D eigenvalue weighted by Gasteiger charge is 2.43. The number of amides is 2. The molecule has 7 nitrogen and oxygen atoms in total. The van der Waals surface area contributed by atoms with Gasteiger partial charge in [0.2, 0.25) is 11.8 Å². The van der Waals surface area contributed by atoms with Crippen LogP contribution in [0.1, 0.15) is 25.8 Å². The molecule has 2 atom stereocenters. The van der Waals surface area contributed by atoms with Gasteiger partial charge in [-0.2, -0.15) is 5.10 Å². The normalized spacial score (nSPS) is 22.7. The van der Waals surface area contributed by atoms with Gasteiger partial charge in [-0.1, -0.05) is 26.0 Å². The van der Waals surface area contributed by atoms with Crippen molar-refractivity contribution in [1.82, 2.24) is 24.9 Å². The van der Waals surface area contributed by atoms with Gasteiger partial charge in [-0.15, -0.1) is 0 Å². The monoisotopic (exact) mass is 399 g/mol. The van der Waals surface area contributed by atoms with Crippen molar-refractivity contribution in [1.29, 1.82) is 0 Å². The van der Waals surface area contributed by atoms with Crippen LogP contribution in [-0.2, 0) is 16.1 Å². The molecule has 0 bridgehead atoms. The third kappa shape index (κ3) is 4.03. The Morgan fingerprint density at radius 3 is 2.79 bits per heavy atom. The zero-order valence-corrected chi connectivity index (χ0v) is 16.7. The minimum Gasteiger partial charge on any atom is -0.342 e. The first kappa shape index (κ1) is 19.6. The van der Waals surface area contributed by atoms with Crippen LogP contribution in [0, 0.1) is 11.7 Å². The standard InChI is InChI=1S/C21H26FN5O2/c1-14(2)9-17-21(29)26-8-7-25(13-19(26)20(28)24-17)11-15-10-23-27(12-15)18-6-4-3-5-16(18)22/h3-6,10,12,14,17,19H,7-9,11,13H2,1-2H3,(H,24,28)/t17-,19-/m1/s1. The number of piperazine rings is 2. The molecule has 2 aliphatic heterocycles. The van der Waals surface area contributed by atoms with E-state index in [0.29, 0.717) is 44.2 Å². The van der Waals surface area contributed by atoms with Gasteiger partial charge in [-0.3, -0.25) is 14.5 Å². The summed E-state index contributed by atoms with van der Waals surface area (Å²) >= 11 is 0. The quantitative estimate of drug-likeness (QED) is 0.829. The van der Waals surface area contributed by atoms with Crippen LogP contribution in [0.25, 0.3) is 5.69 Å². The number of nitrogens with zero attached hydrogens (tertiary/aromatic N) is 4. The minimum absolute atomic E-state index is 0.0234. The van der Waals surface area contributed by atoms with Gasteiger partial charge < -0.3 is 10.2 Å². The van der Waals surface area contributed by atoms with Crippen LogP contribution in [0.3, 0.4) is 0 Å². The number of hydrogen-bond acceptors (Lipinski definition) is 4. The molecule has 2 fully saturated rings. The van der Waals surface area contributed by atoms with Gasteiger partial charge in [-0.25, -0.2) is 9.07 Å². The number of carbonyl (C=O) groups excluding carboxylic acids is 2. The third-order valence-corrected chi connectivity index (χ3v) is 5.51. The van der Waals surface area contributed by atoms with Crippen LogP contribution >= 0.6 is 0 Å². The fourth-order valence-electron chi connectivity index (χ4n) is 4.10. The molecular weight excluding hydrogens is 373 g/mol. The molecule has 8 heteroatoms. The average Bonchev–Trinajstić information content (AvgIpc) is 3.14. The van der Waals surface area contributed by atoms with Crippen LogP contribution in [0.5, 0.6) is 0 Å². The van der Waals surface area contributed by atoms with Crippen molar-refractivity contribution in [2.75, 3.05) is 19.6 Å². The van der Waals surface area contributed by atoms with E-state index in [4.69, 9.17) is 0 Å². The summed E-state index contributed by atoms with van der Waals surface area (Å²) in [5.74, 6) is -0.0468. The molecule has 0 unspecified atom stereocenters. The van der Waals surface area contributed by atoms with E-state index < -0.39 is 12.1 Å². The fraction of sp³-hybridized carbons (Fsp3) is 0.476. The van der Waals surface area contributed by atoms with Crippen molar-refractivity contribution in [3.05, 3.63) is 48.0 Å². The highest BCUT2D eigenvalue weighted by molar-refractivity contribution is 5.97. The number of benzene rings is 1. The zero-order valence-electron chi connectivity index (χ0n) is 16.7. The molecule has 154 valence electrons. The Labute approximate surface area is 169 Å². The number of carbonyl (C=O) groups is 2. The number of aromatic nitrogens is 2. The number of nitrogens with one attached hydrogen (secondary N) is 1. The number of fused-ring (bicyclic) bond motifs is 1. The zero-order chi connectivity index (χ0) is 20.5. The lowest BCUT2D eigenvalue weighted by Gasteiger charge is -2.45. The molecule has 1 aromatic carbocycles. The average molecular weight is 399 g/mol. The predicted molar refractivity (Wildman–Crippen MR) is 106 cm³/mol. The first-order chi connectivity index (χ1) is 13.9. The molecule has 2 saturated heterocycles. The molecule has 2 amide bonds. The molecule has 0 saturated carbocycles. The second kappa shape index (κ2) is 7.94. The molecule has 0 aliphatic carbocycles. The van der Waals surface area contributed by atoms with Crippen LogP contribution in [0.4, 0.5) is 4.39 Å². The van der Waals surface area contributed by atoms with Gasteiger partial charge in [0.25, 0.3) is 0 Å². The SMILES string of the molecule is CC(C)C[C@H]1NC(=O)[C@H]2CN(Cc3cnn(-c4ccccc4F)c3)CCN2C1=O. The van der Waals surface area contributed by atoms with Crippen LogP contribution in [-0.4, -0.2) is 63.1 Å². The summed E-state index contributed by atoms with van der Waals surface area (Å²) in [5.41, 5.74) is 1.33. The van der Waals surface area contributed by atoms with Crippen LogP contribution in [0.2, 0.25) is 0 Å². The molecular formula is C21H26FN5O2. The Balaban J connectivity index is 1.41. The molecule has 3 heterocycles. The Kier molecular flexibility index (Phi) is 5.36. The molecule has 0 spiro atoms. The maximum absolute atomic E-state index is 14.0. The summed E-state index contributed by atoms with van der Waals surface area (Å²) < 4.78 is 15.5. The maximum Gasteiger partial charge on any atom is 0.245 e. The third-order valence-electron chi connectivity index (χ3n) is 5.51. The summed E-state index contributed by atoms with van der Waals surface area (Å²) in [4.78, 5) is 29.2. The summed E-state index contributed by atoms with van der Waals surface area (Å²) in [6.07, 6.45) is 4.17. The van der Waals surface area contributed by atoms with E-state index >= 15 is 0 Å². The summed E-state index contributed by atoms with van der Waals surface area (Å²) in [6.45, 7) is 6.39. The van der Waals surface area contributed by atoms with E-state index in [9.17, 15) is 14.0 Å². The van der Waals surface area contributed by atoms with E-state index in [1.54, 1.807) is 35.5 Å². The van der Waals surface area contributed by atoms with Crippen molar-refractivity contribution < 1.29 is 14.0 Å². The van der Waals surface area contributed by atoms with Crippen LogP contribution < -0.4 is 5.32 Å². The van der Waals surface area contributed by atoms with Crippen molar-refractivity contribution in [2.24, 2.45) is 5.92 Å². The number of rotatable bonds is 5. The summed E-state index contributed by atoms with van der Waals surface area (Å²) in [6, 6.07) is 5.62. The number of halogens is 1. The lowest BCUT2D eigenvalue weighted by molar-refractivity contribution is -0.153. The summed E-state index contributed by atoms with van der Waals surface area (Å²) in [7, 11) is 0. The van der Waals surface area contributed by atoms with E-state index in [0.717, 1.165) is 5.56 Å². The molecule has 4 rings (SSSR count). The molecule has 0 radical (unpaired) electrons. The van der Waals surface area contributed by atoms with Gasteiger partial charge in [0.1, 0.15) is 23.6 Å². The second-order valence-corrected chi connectivity index (χ2v) is 8.22. The Bertz CT molecular complexity index is 912. The van der Waals surface area contributed by atoms with E-state index in [1.807, 2.05) is 13.8 Å². The summed E-state index contributed by atoms with van der Waals surface area (Å²) in [5, 5.41) is 7.16. The highest BCUT2D eigenvalue weighted by Crippen LogP contribution is 2.21. The fourth-order valence-corrected chi connectivity index (χ4v) is 4.10. The largest absolute Gasteiger partial charge is 0.342 e. The van der Waals surface area contributed by atoms with Gasteiger partial charge in [0.15, 0.2) is 0 Å². The first-order valence-corrected chi connectivity index (χ1v) is 10.0. The second-order valence-electron chi connectivity index (χ2n) is 8.22. The smallest absolute Gasteiger partial charge is 0.245 e. The Morgan fingerprint density at radius 2 is 2.03 bits per heavy atom. The Morgan fingerprint density at radius 1 is 1.24 bits per heavy atom. The predicted octanol–water partition coefficient (Wildman–Crippen LogP) is 1.57. The van der Waals surface area contributed by atoms with Gasteiger partial charge in [-0.05, 0) is 24.5 Å². The van der Waals surface area contributed by atoms with E-state index in [1.165, 1.54) is 10.7 Å². The van der Waals surface area contributed by atoms with E-state index in [2.05, 4.69) is 15.3 Å². The lowest BCUT2D eigenvalue weighted by Crippen LogP contribution is -2.69. The molecule has 1 N–H and O–H groups in total. The van der Waals surface area contributed by atoms with Gasteiger partial charge in [0, 0.05) is 37.9 Å². The van der Waals surface area contributed by atoms with Gasteiger partial charge in [0.05, 0.1) is 6.20 Å². The van der Waals surface area contributed by atoms with Crippen molar-refractivity contribution in [3.63, 3.8) is 0 Å². The minimum atomic E-state index is -0.457. The van der Waals surface area contributed by atoms with Crippen molar-refractivity contribution in [3.8, 4) is 5.69 Å². The van der Waals surface area contributed by atoms with E-state index in [-0.39, 0.29) is 17.6 Å². The van der Waals surface area contributed by atoms with Crippen LogP contribution in [0.15, 0.2) is 36.7 Å². The maximum atomic E-state index is 14.0. The number of hydrogen-bond donors (Lipinski definition) is 1. The molecule has 1 aromatic heterocycles. The highest BCUT2D eigenvalue weighted by atomic mass is 19.1. The lowest BCUT2D eigenvalue weighted by atomic mass is 9.97. The van der Waals surface area contributed by atoms with Crippen molar-refractivity contribution >= 4 is 11.8 Å². The van der Waals surface area contributed by atoms with Gasteiger partial charge >= 0.3 is 0 Å². The number of para-hydroxylation sites is 1. The molecule has 29 heavy (non-hydrogen) atoms. The molecule has 2 aromatic rings. The van der Waals surface area contributed by atoms with Crippen molar-refractivity contribution in [2.45, 2.75) is 38.9 Å². The Hall–Kier alpha value is -2.74.